The minimum atomic E-state index is -4.50. The Bertz CT molecular complexity index is 811. The maximum atomic E-state index is 14.2. The summed E-state index contributed by atoms with van der Waals surface area (Å²) in [5, 5.41) is 8.42. The van der Waals surface area contributed by atoms with Crippen LogP contribution in [0.3, 0.4) is 0 Å². The van der Waals surface area contributed by atoms with Gasteiger partial charge in [-0.3, -0.25) is 19.8 Å². The van der Waals surface area contributed by atoms with Crippen LogP contribution in [-0.2, 0) is 9.59 Å². The maximum Gasteiger partial charge on any atom is 0.409 e. The van der Waals surface area contributed by atoms with Crippen molar-refractivity contribution in [3.05, 3.63) is 0 Å². The lowest BCUT2D eigenvalue weighted by molar-refractivity contribution is -0.203. The number of halogens is 4. The SMILES string of the molecule is CN(C(=O)[C@H]1CNC(=O)C1)[C@@H](C1CCC(N2CCCC3C2CNC2CC(Cl)NN23)CC1)C(F)(F)F. The normalized spacial score (nSPS) is 39.6. The van der Waals surface area contributed by atoms with Gasteiger partial charge in [0.15, 0.2) is 0 Å². The highest BCUT2D eigenvalue weighted by molar-refractivity contribution is 6.20. The number of hydrazine groups is 1. The lowest BCUT2D eigenvalue weighted by atomic mass is 9.78. The summed E-state index contributed by atoms with van der Waals surface area (Å²) in [4.78, 5) is 27.7. The van der Waals surface area contributed by atoms with Crippen LogP contribution in [0, 0.1) is 11.8 Å². The second-order valence-electron chi connectivity index (χ2n) is 10.9. The molecule has 2 amide bonds. The van der Waals surface area contributed by atoms with Crippen molar-refractivity contribution >= 4 is 23.4 Å². The summed E-state index contributed by atoms with van der Waals surface area (Å²) < 4.78 is 42.6. The van der Waals surface area contributed by atoms with Gasteiger partial charge in [0.2, 0.25) is 11.8 Å². The number of carbonyl (C=O) groups excluding carboxylic acids is 2. The number of hydrogen-bond donors (Lipinski definition) is 3. The number of hydrogen-bond acceptors (Lipinski definition) is 6. The number of amides is 2. The van der Waals surface area contributed by atoms with Gasteiger partial charge in [0.1, 0.15) is 6.04 Å². The van der Waals surface area contributed by atoms with Gasteiger partial charge >= 0.3 is 6.18 Å². The van der Waals surface area contributed by atoms with Crippen LogP contribution in [0.5, 0.6) is 0 Å². The summed E-state index contributed by atoms with van der Waals surface area (Å²) in [6, 6.07) is -0.900. The predicted molar refractivity (Wildman–Crippen MR) is 124 cm³/mol. The van der Waals surface area contributed by atoms with Crippen LogP contribution >= 0.6 is 11.6 Å². The Hall–Kier alpha value is -1.14. The molecule has 0 bridgehead atoms. The average Bonchev–Trinajstić information content (AvgIpc) is 3.42. The van der Waals surface area contributed by atoms with Crippen LogP contribution in [0.25, 0.3) is 0 Å². The quantitative estimate of drug-likeness (QED) is 0.386. The van der Waals surface area contributed by atoms with Gasteiger partial charge in [-0.15, -0.1) is 11.6 Å². The first kappa shape index (κ1) is 25.5. The van der Waals surface area contributed by atoms with Gasteiger partial charge < -0.3 is 10.2 Å². The van der Waals surface area contributed by atoms with Crippen LogP contribution in [0.4, 0.5) is 13.2 Å². The molecule has 0 aromatic heterocycles. The molecule has 3 N–H and O–H groups in total. The molecular weight excluding hydrogens is 485 g/mol. The molecule has 4 heterocycles. The van der Waals surface area contributed by atoms with Crippen molar-refractivity contribution in [2.45, 2.75) is 93.4 Å². The lowest BCUT2D eigenvalue weighted by Gasteiger charge is -2.53. The molecule has 1 aliphatic carbocycles. The highest BCUT2D eigenvalue weighted by Crippen LogP contribution is 2.41. The third-order valence-corrected chi connectivity index (χ3v) is 9.12. The van der Waals surface area contributed by atoms with E-state index < -0.39 is 30.0 Å². The zero-order valence-corrected chi connectivity index (χ0v) is 20.8. The molecule has 35 heavy (non-hydrogen) atoms. The van der Waals surface area contributed by atoms with Gasteiger partial charge in [-0.1, -0.05) is 0 Å². The van der Waals surface area contributed by atoms with E-state index in [-0.39, 0.29) is 36.6 Å². The Balaban J connectivity index is 1.23. The minimum absolute atomic E-state index is 0.0385. The van der Waals surface area contributed by atoms with E-state index in [2.05, 4.69) is 26.0 Å². The van der Waals surface area contributed by atoms with E-state index in [0.29, 0.717) is 37.8 Å². The Labute approximate surface area is 209 Å². The second kappa shape index (κ2) is 9.96. The fraction of sp³-hybridized carbons (Fsp3) is 0.913. The van der Waals surface area contributed by atoms with Gasteiger partial charge in [0, 0.05) is 51.1 Å². The van der Waals surface area contributed by atoms with Crippen molar-refractivity contribution in [3.8, 4) is 0 Å². The molecule has 198 valence electrons. The molecule has 4 aliphatic heterocycles. The molecule has 4 unspecified atom stereocenters. The lowest BCUT2D eigenvalue weighted by Crippen LogP contribution is -2.70. The van der Waals surface area contributed by atoms with Crippen LogP contribution in [0.15, 0.2) is 0 Å². The van der Waals surface area contributed by atoms with Crippen LogP contribution in [-0.4, -0.2) is 95.3 Å². The first-order valence-corrected chi connectivity index (χ1v) is 13.3. The van der Waals surface area contributed by atoms with E-state index in [0.717, 1.165) is 37.3 Å². The molecule has 0 radical (unpaired) electrons. The monoisotopic (exact) mass is 520 g/mol. The van der Waals surface area contributed by atoms with E-state index in [4.69, 9.17) is 11.6 Å². The average molecular weight is 521 g/mol. The third kappa shape index (κ3) is 5.03. The van der Waals surface area contributed by atoms with Crippen molar-refractivity contribution in [3.63, 3.8) is 0 Å². The smallest absolute Gasteiger partial charge is 0.355 e. The summed E-state index contributed by atoms with van der Waals surface area (Å²) >= 11 is 6.34. The minimum Gasteiger partial charge on any atom is -0.355 e. The van der Waals surface area contributed by atoms with Crippen LogP contribution in [0.2, 0.25) is 0 Å². The van der Waals surface area contributed by atoms with Crippen molar-refractivity contribution in [1.82, 2.24) is 30.9 Å². The number of nitrogens with zero attached hydrogens (tertiary/aromatic N) is 3. The molecule has 5 aliphatic rings. The Kier molecular flexibility index (Phi) is 7.26. The van der Waals surface area contributed by atoms with Crippen LogP contribution in [0.1, 0.15) is 51.4 Å². The van der Waals surface area contributed by atoms with E-state index in [1.807, 2.05) is 0 Å². The van der Waals surface area contributed by atoms with E-state index in [1.54, 1.807) is 0 Å². The zero-order chi connectivity index (χ0) is 24.9. The topological polar surface area (TPSA) is 80.0 Å². The summed E-state index contributed by atoms with van der Waals surface area (Å²) in [7, 11) is 1.25. The summed E-state index contributed by atoms with van der Waals surface area (Å²) in [6.07, 6.45) is 0.962. The van der Waals surface area contributed by atoms with Gasteiger partial charge in [-0.2, -0.15) is 13.2 Å². The van der Waals surface area contributed by atoms with Crippen molar-refractivity contribution < 1.29 is 22.8 Å². The number of carbonyl (C=O) groups is 2. The number of nitrogens with one attached hydrogen (secondary N) is 3. The molecule has 12 heteroatoms. The largest absolute Gasteiger partial charge is 0.409 e. The van der Waals surface area contributed by atoms with Crippen molar-refractivity contribution in [1.29, 1.82) is 0 Å². The molecule has 0 aromatic carbocycles. The Morgan fingerprint density at radius 2 is 1.89 bits per heavy atom. The van der Waals surface area contributed by atoms with E-state index in [1.165, 1.54) is 7.05 Å². The summed E-state index contributed by atoms with van der Waals surface area (Å²) in [6.45, 7) is 1.94. The molecule has 1 saturated carbocycles. The standard InChI is InChI=1S/C23H36ClF3N6O2/c1-31(22(35)14-9-20(34)29-11-14)21(23(25,26)27)13-4-6-15(7-5-13)32-8-2-3-16-17(32)12-28-19-10-18(24)30-33(16)19/h13-19,21,28,30H,2-12H2,1H3,(H,29,34)/t13?,14-,15?,16?,17?,18?,19?,21+/m1/s1. The fourth-order valence-electron chi connectivity index (χ4n) is 7.23. The van der Waals surface area contributed by atoms with E-state index >= 15 is 0 Å². The molecule has 5 fully saturated rings. The molecule has 8 nitrogen and oxygen atoms in total. The van der Waals surface area contributed by atoms with Gasteiger partial charge in [-0.05, 0) is 51.0 Å². The molecule has 5 rings (SSSR count). The number of fused-ring (bicyclic) bond motifs is 3. The first-order chi connectivity index (χ1) is 16.6. The van der Waals surface area contributed by atoms with Gasteiger partial charge in [0.05, 0.1) is 17.6 Å². The molecular formula is C23H36ClF3N6O2. The highest BCUT2D eigenvalue weighted by Gasteiger charge is 2.52. The number of likely N-dealkylation sites (tertiary alicyclic amines) is 1. The molecule has 0 spiro atoms. The summed E-state index contributed by atoms with van der Waals surface area (Å²) in [5.41, 5.74) is 3.31. The predicted octanol–water partition coefficient (Wildman–Crippen LogP) is 1.61. The molecule has 6 atom stereocenters. The van der Waals surface area contributed by atoms with Gasteiger partial charge in [-0.25, -0.2) is 10.4 Å². The first-order valence-electron chi connectivity index (χ1n) is 12.9. The van der Waals surface area contributed by atoms with Gasteiger partial charge in [0.25, 0.3) is 0 Å². The van der Waals surface area contributed by atoms with Crippen LogP contribution < -0.4 is 16.1 Å². The highest BCUT2D eigenvalue weighted by atomic mass is 35.5. The maximum absolute atomic E-state index is 14.2. The number of rotatable bonds is 4. The van der Waals surface area contributed by atoms with E-state index in [9.17, 15) is 22.8 Å². The van der Waals surface area contributed by atoms with Crippen molar-refractivity contribution in [2.75, 3.05) is 26.7 Å². The Morgan fingerprint density at radius 3 is 2.54 bits per heavy atom. The Morgan fingerprint density at radius 1 is 1.14 bits per heavy atom. The number of piperidine rings is 1. The molecule has 0 aromatic rings. The van der Waals surface area contributed by atoms with Crippen molar-refractivity contribution in [2.24, 2.45) is 11.8 Å². The second-order valence-corrected chi connectivity index (χ2v) is 11.4. The zero-order valence-electron chi connectivity index (χ0n) is 20.1. The fourth-order valence-corrected chi connectivity index (χ4v) is 7.51. The number of alkyl halides is 4. The summed E-state index contributed by atoms with van der Waals surface area (Å²) in [5.74, 6) is -2.22. The third-order valence-electron chi connectivity index (χ3n) is 8.85. The molecule has 4 saturated heterocycles.